The minimum absolute atomic E-state index is 0.177. The van der Waals surface area contributed by atoms with Crippen LogP contribution in [0.3, 0.4) is 0 Å². The second-order valence-electron chi connectivity index (χ2n) is 3.71. The van der Waals surface area contributed by atoms with Crippen LogP contribution >= 0.6 is 11.3 Å². The molecule has 0 aliphatic heterocycles. The summed E-state index contributed by atoms with van der Waals surface area (Å²) in [5.41, 5.74) is 2.54. The summed E-state index contributed by atoms with van der Waals surface area (Å²) < 4.78 is 0. The summed E-state index contributed by atoms with van der Waals surface area (Å²) in [6, 6.07) is 5.30. The zero-order valence-corrected chi connectivity index (χ0v) is 10.5. The van der Waals surface area contributed by atoms with Crippen molar-refractivity contribution >= 4 is 17.0 Å². The molecule has 1 aromatic heterocycles. The highest BCUT2D eigenvalue weighted by atomic mass is 32.1. The standard InChI is InChI=1S/C12H12N2O2S/c1-3-9-4-5-10(6-12(9)14(15)16)11-7-17-8(2)13-11/h4-7H,3H2,1-2H3. The van der Waals surface area contributed by atoms with Gasteiger partial charge in [-0.05, 0) is 13.3 Å². The molecule has 2 rings (SSSR count). The minimum atomic E-state index is -0.332. The van der Waals surface area contributed by atoms with E-state index < -0.39 is 0 Å². The van der Waals surface area contributed by atoms with Crippen LogP contribution in [0.15, 0.2) is 23.6 Å². The van der Waals surface area contributed by atoms with Gasteiger partial charge in [-0.2, -0.15) is 0 Å². The van der Waals surface area contributed by atoms with Crippen LogP contribution in [-0.2, 0) is 6.42 Å². The molecule has 0 radical (unpaired) electrons. The average molecular weight is 248 g/mol. The molecule has 88 valence electrons. The van der Waals surface area contributed by atoms with Gasteiger partial charge in [-0.15, -0.1) is 11.3 Å². The molecule has 1 heterocycles. The van der Waals surface area contributed by atoms with E-state index in [1.807, 2.05) is 31.4 Å². The van der Waals surface area contributed by atoms with E-state index in [1.54, 1.807) is 17.4 Å². The Labute approximate surface area is 103 Å². The van der Waals surface area contributed by atoms with Crippen molar-refractivity contribution in [2.75, 3.05) is 0 Å². The maximum absolute atomic E-state index is 11.0. The first kappa shape index (κ1) is 11.7. The van der Waals surface area contributed by atoms with Crippen molar-refractivity contribution in [1.29, 1.82) is 0 Å². The Bertz CT molecular complexity index is 563. The summed E-state index contributed by atoms with van der Waals surface area (Å²) >= 11 is 1.54. The number of nitro benzene ring substituents is 1. The lowest BCUT2D eigenvalue weighted by atomic mass is 10.1. The molecule has 0 N–H and O–H groups in total. The highest BCUT2D eigenvalue weighted by Crippen LogP contribution is 2.28. The summed E-state index contributed by atoms with van der Waals surface area (Å²) in [5.74, 6) is 0. The van der Waals surface area contributed by atoms with Gasteiger partial charge in [-0.1, -0.05) is 19.1 Å². The van der Waals surface area contributed by atoms with E-state index in [4.69, 9.17) is 0 Å². The number of benzene rings is 1. The van der Waals surface area contributed by atoms with Crippen LogP contribution in [0.2, 0.25) is 0 Å². The topological polar surface area (TPSA) is 56.0 Å². The summed E-state index contributed by atoms with van der Waals surface area (Å²) in [6.45, 7) is 3.83. The number of hydrogen-bond acceptors (Lipinski definition) is 4. The third-order valence-corrected chi connectivity index (χ3v) is 3.35. The lowest BCUT2D eigenvalue weighted by molar-refractivity contribution is -0.385. The van der Waals surface area contributed by atoms with Crippen molar-refractivity contribution in [3.8, 4) is 11.3 Å². The van der Waals surface area contributed by atoms with Gasteiger partial charge in [-0.3, -0.25) is 10.1 Å². The Kier molecular flexibility index (Phi) is 3.19. The first-order valence-electron chi connectivity index (χ1n) is 5.31. The quantitative estimate of drug-likeness (QED) is 0.616. The van der Waals surface area contributed by atoms with Gasteiger partial charge in [0, 0.05) is 22.6 Å². The number of hydrogen-bond donors (Lipinski definition) is 0. The molecule has 2 aromatic rings. The highest BCUT2D eigenvalue weighted by molar-refractivity contribution is 7.09. The molecule has 0 saturated carbocycles. The molecule has 0 bridgehead atoms. The van der Waals surface area contributed by atoms with Crippen LogP contribution in [0, 0.1) is 17.0 Å². The fourth-order valence-electron chi connectivity index (χ4n) is 1.69. The smallest absolute Gasteiger partial charge is 0.258 e. The van der Waals surface area contributed by atoms with E-state index in [-0.39, 0.29) is 10.6 Å². The normalized spacial score (nSPS) is 10.5. The Morgan fingerprint density at radius 3 is 2.76 bits per heavy atom. The van der Waals surface area contributed by atoms with Crippen LogP contribution in [0.5, 0.6) is 0 Å². The van der Waals surface area contributed by atoms with Gasteiger partial charge in [0.15, 0.2) is 0 Å². The largest absolute Gasteiger partial charge is 0.273 e. The number of nitro groups is 1. The van der Waals surface area contributed by atoms with Gasteiger partial charge in [0.1, 0.15) is 0 Å². The molecule has 5 heteroatoms. The van der Waals surface area contributed by atoms with E-state index in [0.717, 1.165) is 21.8 Å². The zero-order chi connectivity index (χ0) is 12.4. The Balaban J connectivity index is 2.50. The van der Waals surface area contributed by atoms with Crippen LogP contribution in [0.1, 0.15) is 17.5 Å². The molecule has 0 unspecified atom stereocenters. The summed E-state index contributed by atoms with van der Waals surface area (Å²) in [5, 5.41) is 13.8. The molecule has 0 fully saturated rings. The van der Waals surface area contributed by atoms with Gasteiger partial charge in [-0.25, -0.2) is 4.98 Å². The Hall–Kier alpha value is -1.75. The van der Waals surface area contributed by atoms with E-state index >= 15 is 0 Å². The van der Waals surface area contributed by atoms with Crippen LogP contribution in [0.4, 0.5) is 5.69 Å². The molecular weight excluding hydrogens is 236 g/mol. The summed E-state index contributed by atoms with van der Waals surface area (Å²) in [7, 11) is 0. The highest BCUT2D eigenvalue weighted by Gasteiger charge is 2.14. The minimum Gasteiger partial charge on any atom is -0.258 e. The lowest BCUT2D eigenvalue weighted by Crippen LogP contribution is -1.94. The van der Waals surface area contributed by atoms with Crippen LogP contribution in [-0.4, -0.2) is 9.91 Å². The van der Waals surface area contributed by atoms with Crippen molar-refractivity contribution in [2.24, 2.45) is 0 Å². The number of aryl methyl sites for hydroxylation is 2. The second kappa shape index (κ2) is 4.63. The molecule has 0 atom stereocenters. The molecule has 0 aliphatic rings. The third kappa shape index (κ3) is 2.34. The SMILES string of the molecule is CCc1ccc(-c2csc(C)n2)cc1[N+](=O)[O-]. The summed E-state index contributed by atoms with van der Waals surface area (Å²) in [6.07, 6.45) is 0.659. The molecule has 0 spiro atoms. The van der Waals surface area contributed by atoms with Gasteiger partial charge in [0.05, 0.1) is 15.6 Å². The van der Waals surface area contributed by atoms with Crippen molar-refractivity contribution in [2.45, 2.75) is 20.3 Å². The van der Waals surface area contributed by atoms with Gasteiger partial charge in [0.2, 0.25) is 0 Å². The molecule has 0 amide bonds. The monoisotopic (exact) mass is 248 g/mol. The maximum atomic E-state index is 11.0. The third-order valence-electron chi connectivity index (χ3n) is 2.58. The predicted molar refractivity (Wildman–Crippen MR) is 68.3 cm³/mol. The fourth-order valence-corrected chi connectivity index (χ4v) is 2.31. The first-order valence-corrected chi connectivity index (χ1v) is 6.19. The Morgan fingerprint density at radius 2 is 2.24 bits per heavy atom. The zero-order valence-electron chi connectivity index (χ0n) is 9.64. The fraction of sp³-hybridized carbons (Fsp3) is 0.250. The van der Waals surface area contributed by atoms with Crippen molar-refractivity contribution in [3.63, 3.8) is 0 Å². The Morgan fingerprint density at radius 1 is 1.47 bits per heavy atom. The van der Waals surface area contributed by atoms with Gasteiger partial charge in [0.25, 0.3) is 5.69 Å². The first-order chi connectivity index (χ1) is 8.11. The number of aromatic nitrogens is 1. The molecule has 4 nitrogen and oxygen atoms in total. The van der Waals surface area contributed by atoms with E-state index in [1.165, 1.54) is 0 Å². The van der Waals surface area contributed by atoms with Crippen molar-refractivity contribution in [3.05, 3.63) is 44.3 Å². The predicted octanol–water partition coefficient (Wildman–Crippen LogP) is 3.59. The molecule has 17 heavy (non-hydrogen) atoms. The second-order valence-corrected chi connectivity index (χ2v) is 4.77. The maximum Gasteiger partial charge on any atom is 0.273 e. The van der Waals surface area contributed by atoms with Crippen molar-refractivity contribution in [1.82, 2.24) is 4.98 Å². The molecule has 0 aliphatic carbocycles. The van der Waals surface area contributed by atoms with E-state index in [9.17, 15) is 10.1 Å². The molecular formula is C12H12N2O2S. The molecule has 1 aromatic carbocycles. The number of nitrogens with zero attached hydrogens (tertiary/aromatic N) is 2. The average Bonchev–Trinajstić information content (AvgIpc) is 2.75. The van der Waals surface area contributed by atoms with Crippen molar-refractivity contribution < 1.29 is 4.92 Å². The number of thiazole rings is 1. The van der Waals surface area contributed by atoms with E-state index in [2.05, 4.69) is 4.98 Å². The van der Waals surface area contributed by atoms with Gasteiger partial charge < -0.3 is 0 Å². The van der Waals surface area contributed by atoms with Crippen LogP contribution in [0.25, 0.3) is 11.3 Å². The summed E-state index contributed by atoms with van der Waals surface area (Å²) in [4.78, 5) is 15.0. The number of rotatable bonds is 3. The van der Waals surface area contributed by atoms with E-state index in [0.29, 0.717) is 6.42 Å². The molecule has 0 saturated heterocycles. The van der Waals surface area contributed by atoms with Gasteiger partial charge >= 0.3 is 0 Å². The van der Waals surface area contributed by atoms with Crippen LogP contribution < -0.4 is 0 Å². The lowest BCUT2D eigenvalue weighted by Gasteiger charge is -2.02.